The molecule has 0 aliphatic rings. The van der Waals surface area contributed by atoms with Crippen LogP contribution >= 0.6 is 11.6 Å². The monoisotopic (exact) mass is 226 g/mol. The van der Waals surface area contributed by atoms with Crippen LogP contribution in [-0.4, -0.2) is 31.4 Å². The number of nitrogens with two attached hydrogens (primary N) is 1. The van der Waals surface area contributed by atoms with Crippen LogP contribution in [0.2, 0.25) is 5.02 Å². The van der Waals surface area contributed by atoms with Gasteiger partial charge in [-0.2, -0.15) is 0 Å². The van der Waals surface area contributed by atoms with Crippen LogP contribution in [0.3, 0.4) is 0 Å². The minimum atomic E-state index is -0.280. The van der Waals surface area contributed by atoms with E-state index in [9.17, 15) is 4.79 Å². The zero-order chi connectivity index (χ0) is 11.4. The molecule has 0 radical (unpaired) electrons. The molecule has 0 aliphatic carbocycles. The number of halogens is 1. The van der Waals surface area contributed by atoms with Crippen molar-refractivity contribution >= 4 is 17.5 Å². The summed E-state index contributed by atoms with van der Waals surface area (Å²) in [4.78, 5) is 13.3. The highest BCUT2D eigenvalue weighted by atomic mass is 35.5. The first-order chi connectivity index (χ1) is 7.06. The summed E-state index contributed by atoms with van der Waals surface area (Å²) in [6, 6.07) is 7.20. The Morgan fingerprint density at radius 2 is 1.93 bits per heavy atom. The van der Waals surface area contributed by atoms with Crippen LogP contribution in [0.5, 0.6) is 0 Å². The van der Waals surface area contributed by atoms with E-state index in [0.717, 1.165) is 5.56 Å². The lowest BCUT2D eigenvalue weighted by Crippen LogP contribution is -2.32. The van der Waals surface area contributed by atoms with Gasteiger partial charge < -0.3 is 10.6 Å². The number of benzene rings is 1. The third-order valence-corrected chi connectivity index (χ3v) is 2.50. The highest BCUT2D eigenvalue weighted by Gasteiger charge is 2.20. The topological polar surface area (TPSA) is 46.3 Å². The van der Waals surface area contributed by atoms with Crippen molar-refractivity contribution in [1.29, 1.82) is 0 Å². The molecular formula is C11H15ClN2O. The smallest absolute Gasteiger partial charge is 0.230 e. The number of hydrogen-bond acceptors (Lipinski definition) is 2. The maximum absolute atomic E-state index is 11.8. The van der Waals surface area contributed by atoms with Gasteiger partial charge in [-0.3, -0.25) is 4.79 Å². The van der Waals surface area contributed by atoms with Crippen molar-refractivity contribution < 1.29 is 4.79 Å². The normalized spacial score (nSPS) is 12.3. The van der Waals surface area contributed by atoms with Crippen molar-refractivity contribution in [2.75, 3.05) is 20.6 Å². The number of rotatable bonds is 3. The molecule has 0 saturated heterocycles. The van der Waals surface area contributed by atoms with E-state index >= 15 is 0 Å². The van der Waals surface area contributed by atoms with E-state index in [1.165, 1.54) is 0 Å². The molecule has 4 heteroatoms. The third-order valence-electron chi connectivity index (χ3n) is 2.25. The molecule has 0 aromatic heterocycles. The molecule has 1 atom stereocenters. The Hall–Kier alpha value is -1.06. The highest BCUT2D eigenvalue weighted by Crippen LogP contribution is 2.19. The quantitative estimate of drug-likeness (QED) is 0.849. The first kappa shape index (κ1) is 12.0. The Kier molecular flexibility index (Phi) is 4.12. The zero-order valence-corrected chi connectivity index (χ0v) is 9.66. The fourth-order valence-corrected chi connectivity index (χ4v) is 1.51. The molecule has 1 unspecified atom stereocenters. The maximum atomic E-state index is 11.8. The van der Waals surface area contributed by atoms with Gasteiger partial charge in [0, 0.05) is 25.7 Å². The predicted molar refractivity (Wildman–Crippen MR) is 61.9 cm³/mol. The Balaban J connectivity index is 2.92. The van der Waals surface area contributed by atoms with Gasteiger partial charge in [0.2, 0.25) is 5.91 Å². The summed E-state index contributed by atoms with van der Waals surface area (Å²) in [5, 5.41) is 0.659. The second kappa shape index (κ2) is 5.14. The molecule has 0 fully saturated rings. The summed E-state index contributed by atoms with van der Waals surface area (Å²) in [6.45, 7) is 0.304. The number of carbonyl (C=O) groups is 1. The average Bonchev–Trinajstić information content (AvgIpc) is 2.21. The maximum Gasteiger partial charge on any atom is 0.230 e. The van der Waals surface area contributed by atoms with E-state index in [1.807, 2.05) is 12.1 Å². The van der Waals surface area contributed by atoms with E-state index in [2.05, 4.69) is 0 Å². The van der Waals surface area contributed by atoms with Crippen LogP contribution in [0.1, 0.15) is 11.5 Å². The van der Waals surface area contributed by atoms with E-state index < -0.39 is 0 Å². The minimum absolute atomic E-state index is 0.0137. The van der Waals surface area contributed by atoms with E-state index in [0.29, 0.717) is 11.6 Å². The third kappa shape index (κ3) is 2.94. The molecule has 3 nitrogen and oxygen atoms in total. The van der Waals surface area contributed by atoms with Gasteiger partial charge in [-0.15, -0.1) is 0 Å². The van der Waals surface area contributed by atoms with Gasteiger partial charge in [-0.05, 0) is 17.7 Å². The first-order valence-electron chi connectivity index (χ1n) is 4.73. The number of carbonyl (C=O) groups excluding carboxylic acids is 1. The summed E-state index contributed by atoms with van der Waals surface area (Å²) in [5.74, 6) is -0.267. The van der Waals surface area contributed by atoms with Gasteiger partial charge >= 0.3 is 0 Å². The Labute approximate surface area is 94.8 Å². The predicted octanol–water partition coefficient (Wildman–Crippen LogP) is 1.47. The Bertz CT molecular complexity index is 335. The molecule has 15 heavy (non-hydrogen) atoms. The van der Waals surface area contributed by atoms with Crippen LogP contribution in [0, 0.1) is 0 Å². The fourth-order valence-electron chi connectivity index (χ4n) is 1.39. The van der Waals surface area contributed by atoms with E-state index in [4.69, 9.17) is 17.3 Å². The molecule has 0 saturated carbocycles. The number of hydrogen-bond donors (Lipinski definition) is 1. The number of nitrogens with zero attached hydrogens (tertiary/aromatic N) is 1. The summed E-state index contributed by atoms with van der Waals surface area (Å²) in [5.41, 5.74) is 6.50. The van der Waals surface area contributed by atoms with Crippen molar-refractivity contribution in [3.05, 3.63) is 34.9 Å². The molecule has 0 heterocycles. The summed E-state index contributed by atoms with van der Waals surface area (Å²) < 4.78 is 0. The molecule has 1 aromatic carbocycles. The molecule has 1 aromatic rings. The van der Waals surface area contributed by atoms with Crippen molar-refractivity contribution in [1.82, 2.24) is 4.90 Å². The van der Waals surface area contributed by atoms with Gasteiger partial charge in [0.1, 0.15) is 0 Å². The van der Waals surface area contributed by atoms with Crippen LogP contribution in [-0.2, 0) is 4.79 Å². The van der Waals surface area contributed by atoms with Crippen molar-refractivity contribution in [3.8, 4) is 0 Å². The van der Waals surface area contributed by atoms with Crippen molar-refractivity contribution in [2.45, 2.75) is 5.92 Å². The zero-order valence-electron chi connectivity index (χ0n) is 8.90. The standard InChI is InChI=1S/C11H15ClN2O/c1-14(2)11(15)10(7-13)8-3-5-9(12)6-4-8/h3-6,10H,7,13H2,1-2H3. The molecule has 0 bridgehead atoms. The lowest BCUT2D eigenvalue weighted by molar-refractivity contribution is -0.130. The molecule has 0 aliphatic heterocycles. The van der Waals surface area contributed by atoms with Crippen LogP contribution in [0.25, 0.3) is 0 Å². The van der Waals surface area contributed by atoms with Crippen LogP contribution in [0.15, 0.2) is 24.3 Å². The van der Waals surface area contributed by atoms with Gasteiger partial charge in [-0.25, -0.2) is 0 Å². The summed E-state index contributed by atoms with van der Waals surface area (Å²) in [7, 11) is 3.45. The Morgan fingerprint density at radius 1 is 1.40 bits per heavy atom. The van der Waals surface area contributed by atoms with E-state index in [1.54, 1.807) is 31.1 Å². The first-order valence-corrected chi connectivity index (χ1v) is 5.10. The summed E-state index contributed by atoms with van der Waals surface area (Å²) in [6.07, 6.45) is 0. The highest BCUT2D eigenvalue weighted by molar-refractivity contribution is 6.30. The SMILES string of the molecule is CN(C)C(=O)C(CN)c1ccc(Cl)cc1. The summed E-state index contributed by atoms with van der Waals surface area (Å²) >= 11 is 5.78. The largest absolute Gasteiger partial charge is 0.348 e. The molecular weight excluding hydrogens is 212 g/mol. The number of amides is 1. The second-order valence-corrected chi connectivity index (χ2v) is 4.01. The van der Waals surface area contributed by atoms with E-state index in [-0.39, 0.29) is 11.8 Å². The lowest BCUT2D eigenvalue weighted by Gasteiger charge is -2.19. The van der Waals surface area contributed by atoms with Crippen molar-refractivity contribution in [3.63, 3.8) is 0 Å². The van der Waals surface area contributed by atoms with Gasteiger partial charge in [0.15, 0.2) is 0 Å². The van der Waals surface area contributed by atoms with Gasteiger partial charge in [0.05, 0.1) is 5.92 Å². The second-order valence-electron chi connectivity index (χ2n) is 3.57. The van der Waals surface area contributed by atoms with Gasteiger partial charge in [0.25, 0.3) is 0 Å². The molecule has 1 rings (SSSR count). The lowest BCUT2D eigenvalue weighted by atomic mass is 9.98. The average molecular weight is 227 g/mol. The van der Waals surface area contributed by atoms with Crippen LogP contribution < -0.4 is 5.73 Å². The number of likely N-dealkylation sites (N-methyl/N-ethyl adjacent to an activating group) is 1. The molecule has 82 valence electrons. The Morgan fingerprint density at radius 3 is 2.33 bits per heavy atom. The van der Waals surface area contributed by atoms with Gasteiger partial charge in [-0.1, -0.05) is 23.7 Å². The molecule has 2 N–H and O–H groups in total. The molecule has 0 spiro atoms. The fraction of sp³-hybridized carbons (Fsp3) is 0.364. The van der Waals surface area contributed by atoms with Crippen LogP contribution in [0.4, 0.5) is 0 Å². The van der Waals surface area contributed by atoms with Crippen molar-refractivity contribution in [2.24, 2.45) is 5.73 Å². The minimum Gasteiger partial charge on any atom is -0.348 e. The molecule has 1 amide bonds.